The lowest BCUT2D eigenvalue weighted by Crippen LogP contribution is -2.39. The highest BCUT2D eigenvalue weighted by Crippen LogP contribution is 2.28. The molecule has 0 aliphatic rings. The molecular weight excluding hydrogens is 312 g/mol. The van der Waals surface area contributed by atoms with Crippen LogP contribution in [-0.2, 0) is 11.2 Å². The van der Waals surface area contributed by atoms with Gasteiger partial charge in [-0.2, -0.15) is 0 Å². The number of carbonyl (C=O) groups is 2. The SMILES string of the molecule is CCOc1ccc(CCNC(=O)N(C)CCC(=O)O)cc1OCC. The van der Waals surface area contributed by atoms with Crippen LogP contribution in [0.4, 0.5) is 4.79 Å². The summed E-state index contributed by atoms with van der Waals surface area (Å²) in [5.41, 5.74) is 1.02. The van der Waals surface area contributed by atoms with Gasteiger partial charge in [-0.25, -0.2) is 4.79 Å². The van der Waals surface area contributed by atoms with Crippen molar-refractivity contribution < 1.29 is 24.2 Å². The van der Waals surface area contributed by atoms with Gasteiger partial charge in [0.2, 0.25) is 0 Å². The molecule has 7 nitrogen and oxygen atoms in total. The van der Waals surface area contributed by atoms with Crippen LogP contribution in [0.5, 0.6) is 11.5 Å². The molecule has 0 atom stereocenters. The lowest BCUT2D eigenvalue weighted by atomic mass is 10.1. The summed E-state index contributed by atoms with van der Waals surface area (Å²) in [7, 11) is 1.57. The number of amides is 2. The second-order valence-corrected chi connectivity index (χ2v) is 5.19. The maximum Gasteiger partial charge on any atom is 0.317 e. The predicted octanol–water partition coefficient (Wildman–Crippen LogP) is 2.14. The molecule has 0 aromatic heterocycles. The van der Waals surface area contributed by atoms with Crippen molar-refractivity contribution >= 4 is 12.0 Å². The number of ether oxygens (including phenoxy) is 2. The third-order valence-corrected chi connectivity index (χ3v) is 3.31. The fourth-order valence-corrected chi connectivity index (χ4v) is 2.06. The maximum atomic E-state index is 11.8. The fourth-order valence-electron chi connectivity index (χ4n) is 2.06. The molecule has 0 fully saturated rings. The lowest BCUT2D eigenvalue weighted by molar-refractivity contribution is -0.137. The van der Waals surface area contributed by atoms with Crippen molar-refractivity contribution in [2.45, 2.75) is 26.7 Å². The molecule has 0 spiro atoms. The normalized spacial score (nSPS) is 10.1. The van der Waals surface area contributed by atoms with Crippen LogP contribution in [-0.4, -0.2) is 55.4 Å². The Morgan fingerprint density at radius 3 is 2.46 bits per heavy atom. The molecule has 0 radical (unpaired) electrons. The molecule has 0 saturated heterocycles. The van der Waals surface area contributed by atoms with Gasteiger partial charge in [-0.05, 0) is 38.0 Å². The Bertz CT molecular complexity index is 548. The summed E-state index contributed by atoms with van der Waals surface area (Å²) < 4.78 is 11.1. The lowest BCUT2D eigenvalue weighted by Gasteiger charge is -2.17. The largest absolute Gasteiger partial charge is 0.490 e. The van der Waals surface area contributed by atoms with Crippen molar-refractivity contribution in [3.63, 3.8) is 0 Å². The number of hydrogen-bond acceptors (Lipinski definition) is 4. The average Bonchev–Trinajstić information content (AvgIpc) is 2.55. The first kappa shape index (κ1) is 19.6. The van der Waals surface area contributed by atoms with Crippen LogP contribution in [0.1, 0.15) is 25.8 Å². The first-order valence-electron chi connectivity index (χ1n) is 8.07. The van der Waals surface area contributed by atoms with Gasteiger partial charge in [0.05, 0.1) is 19.6 Å². The monoisotopic (exact) mass is 338 g/mol. The quantitative estimate of drug-likeness (QED) is 0.682. The number of aliphatic carboxylic acids is 1. The molecule has 134 valence electrons. The van der Waals surface area contributed by atoms with Crippen molar-refractivity contribution in [1.29, 1.82) is 0 Å². The Labute approximate surface area is 142 Å². The highest BCUT2D eigenvalue weighted by Gasteiger charge is 2.10. The standard InChI is InChI=1S/C17H26N2O5/c1-4-23-14-7-6-13(12-15(14)24-5-2)8-10-18-17(22)19(3)11-9-16(20)21/h6-7,12H,4-5,8-11H2,1-3H3,(H,18,22)(H,20,21). The highest BCUT2D eigenvalue weighted by molar-refractivity contribution is 5.75. The zero-order valence-electron chi connectivity index (χ0n) is 14.5. The minimum absolute atomic E-state index is 0.0689. The third-order valence-electron chi connectivity index (χ3n) is 3.31. The number of carboxylic acid groups (broad SMARTS) is 1. The average molecular weight is 338 g/mol. The van der Waals surface area contributed by atoms with E-state index in [9.17, 15) is 9.59 Å². The van der Waals surface area contributed by atoms with Crippen LogP contribution >= 0.6 is 0 Å². The van der Waals surface area contributed by atoms with E-state index in [1.54, 1.807) is 7.05 Å². The third kappa shape index (κ3) is 6.76. The first-order chi connectivity index (χ1) is 11.5. The molecule has 1 aromatic rings. The van der Waals surface area contributed by atoms with Crippen LogP contribution in [0.25, 0.3) is 0 Å². The minimum Gasteiger partial charge on any atom is -0.490 e. The minimum atomic E-state index is -0.924. The van der Waals surface area contributed by atoms with Crippen molar-refractivity contribution in [1.82, 2.24) is 10.2 Å². The topological polar surface area (TPSA) is 88.1 Å². The van der Waals surface area contributed by atoms with E-state index < -0.39 is 5.97 Å². The number of nitrogens with one attached hydrogen (secondary N) is 1. The molecule has 0 bridgehead atoms. The van der Waals surface area contributed by atoms with Crippen LogP contribution < -0.4 is 14.8 Å². The zero-order chi connectivity index (χ0) is 17.9. The molecule has 0 aliphatic carbocycles. The van der Waals surface area contributed by atoms with Crippen molar-refractivity contribution in [2.24, 2.45) is 0 Å². The molecule has 7 heteroatoms. The van der Waals surface area contributed by atoms with Gasteiger partial charge in [-0.1, -0.05) is 6.07 Å². The van der Waals surface area contributed by atoms with E-state index in [1.807, 2.05) is 32.0 Å². The van der Waals surface area contributed by atoms with Gasteiger partial charge in [0.1, 0.15) is 0 Å². The first-order valence-corrected chi connectivity index (χ1v) is 8.07. The Kier molecular flexibility index (Phi) is 8.46. The number of carboxylic acids is 1. The van der Waals surface area contributed by atoms with E-state index in [1.165, 1.54) is 4.90 Å². The molecule has 24 heavy (non-hydrogen) atoms. The van der Waals surface area contributed by atoms with Crippen LogP contribution in [0.3, 0.4) is 0 Å². The van der Waals surface area contributed by atoms with Gasteiger partial charge in [0.25, 0.3) is 0 Å². The van der Waals surface area contributed by atoms with Gasteiger partial charge < -0.3 is 24.8 Å². The number of carbonyl (C=O) groups excluding carboxylic acids is 1. The number of nitrogens with zero attached hydrogens (tertiary/aromatic N) is 1. The van der Waals surface area contributed by atoms with Crippen LogP contribution in [0.15, 0.2) is 18.2 Å². The molecule has 0 heterocycles. The molecule has 1 aromatic carbocycles. The van der Waals surface area contributed by atoms with E-state index in [0.717, 1.165) is 5.56 Å². The van der Waals surface area contributed by atoms with E-state index in [-0.39, 0.29) is 19.0 Å². The summed E-state index contributed by atoms with van der Waals surface area (Å²) in [5.74, 6) is 0.481. The summed E-state index contributed by atoms with van der Waals surface area (Å²) in [4.78, 5) is 23.7. The number of urea groups is 1. The number of benzene rings is 1. The summed E-state index contributed by atoms with van der Waals surface area (Å²) in [6.07, 6.45) is 0.575. The molecule has 2 amide bonds. The van der Waals surface area contributed by atoms with Gasteiger partial charge >= 0.3 is 12.0 Å². The Morgan fingerprint density at radius 1 is 1.17 bits per heavy atom. The van der Waals surface area contributed by atoms with Gasteiger partial charge in [-0.3, -0.25) is 4.79 Å². The molecule has 0 aliphatic heterocycles. The molecule has 2 N–H and O–H groups in total. The van der Waals surface area contributed by atoms with E-state index in [0.29, 0.717) is 37.7 Å². The number of hydrogen-bond donors (Lipinski definition) is 2. The molecule has 1 rings (SSSR count). The Morgan fingerprint density at radius 2 is 1.83 bits per heavy atom. The summed E-state index contributed by atoms with van der Waals surface area (Å²) >= 11 is 0. The second kappa shape index (κ2) is 10.4. The summed E-state index contributed by atoms with van der Waals surface area (Å²) in [5, 5.41) is 11.4. The molecule has 0 unspecified atom stereocenters. The van der Waals surface area contributed by atoms with Gasteiger partial charge in [0.15, 0.2) is 11.5 Å². The van der Waals surface area contributed by atoms with Crippen LogP contribution in [0.2, 0.25) is 0 Å². The Balaban J connectivity index is 2.50. The second-order valence-electron chi connectivity index (χ2n) is 5.19. The van der Waals surface area contributed by atoms with E-state index in [4.69, 9.17) is 14.6 Å². The Hall–Kier alpha value is -2.44. The summed E-state index contributed by atoms with van der Waals surface area (Å²) in [6.45, 7) is 5.58. The zero-order valence-corrected chi connectivity index (χ0v) is 14.5. The fraction of sp³-hybridized carbons (Fsp3) is 0.529. The van der Waals surface area contributed by atoms with Gasteiger partial charge in [-0.15, -0.1) is 0 Å². The molecular formula is C17H26N2O5. The summed E-state index contributed by atoms with van der Waals surface area (Å²) in [6, 6.07) is 5.43. The smallest absolute Gasteiger partial charge is 0.317 e. The van der Waals surface area contributed by atoms with Crippen molar-refractivity contribution in [2.75, 3.05) is 33.4 Å². The van der Waals surface area contributed by atoms with Crippen LogP contribution in [0, 0.1) is 0 Å². The van der Waals surface area contributed by atoms with Gasteiger partial charge in [0, 0.05) is 20.1 Å². The maximum absolute atomic E-state index is 11.8. The number of rotatable bonds is 10. The van der Waals surface area contributed by atoms with E-state index in [2.05, 4.69) is 5.32 Å². The van der Waals surface area contributed by atoms with Crippen molar-refractivity contribution in [3.8, 4) is 11.5 Å². The predicted molar refractivity (Wildman–Crippen MR) is 90.8 cm³/mol. The van der Waals surface area contributed by atoms with Crippen molar-refractivity contribution in [3.05, 3.63) is 23.8 Å². The highest BCUT2D eigenvalue weighted by atomic mass is 16.5. The molecule has 0 saturated carbocycles. The van der Waals surface area contributed by atoms with E-state index >= 15 is 0 Å².